The Morgan fingerprint density at radius 1 is 1.40 bits per heavy atom. The highest BCUT2D eigenvalue weighted by atomic mass is 32.2. The van der Waals surface area contributed by atoms with Crippen LogP contribution in [0.25, 0.3) is 0 Å². The van der Waals surface area contributed by atoms with Crippen molar-refractivity contribution in [1.29, 1.82) is 0 Å². The molecule has 0 radical (unpaired) electrons. The van der Waals surface area contributed by atoms with E-state index in [1.807, 2.05) is 21.0 Å². The Bertz CT molecular complexity index is 558. The molecule has 0 spiro atoms. The third-order valence-corrected chi connectivity index (χ3v) is 7.12. The Kier molecular flexibility index (Phi) is 4.86. The van der Waals surface area contributed by atoms with Gasteiger partial charge in [-0.05, 0) is 39.9 Å². The van der Waals surface area contributed by atoms with Crippen molar-refractivity contribution in [2.24, 2.45) is 5.73 Å². The van der Waals surface area contributed by atoms with E-state index < -0.39 is 10.0 Å². The van der Waals surface area contributed by atoms with Crippen LogP contribution in [0.15, 0.2) is 11.0 Å². The molecule has 1 aliphatic heterocycles. The molecule has 0 atom stereocenters. The number of nitrogens with two attached hydrogens (primary N) is 1. The van der Waals surface area contributed by atoms with Crippen LogP contribution >= 0.6 is 11.3 Å². The van der Waals surface area contributed by atoms with E-state index in [9.17, 15) is 8.42 Å². The van der Waals surface area contributed by atoms with E-state index in [-0.39, 0.29) is 0 Å². The van der Waals surface area contributed by atoms with Gasteiger partial charge in [-0.3, -0.25) is 0 Å². The van der Waals surface area contributed by atoms with Gasteiger partial charge in [-0.25, -0.2) is 8.42 Å². The predicted octanol–water partition coefficient (Wildman–Crippen LogP) is 1.23. The van der Waals surface area contributed by atoms with Crippen molar-refractivity contribution in [1.82, 2.24) is 9.21 Å². The smallest absolute Gasteiger partial charge is 0.244 e. The van der Waals surface area contributed by atoms with E-state index in [0.717, 1.165) is 22.6 Å². The number of sulfonamides is 1. The van der Waals surface area contributed by atoms with Gasteiger partial charge < -0.3 is 10.6 Å². The molecule has 1 fully saturated rings. The minimum Gasteiger partial charge on any atom is -0.326 e. The second kappa shape index (κ2) is 6.11. The van der Waals surface area contributed by atoms with E-state index in [1.165, 1.54) is 11.3 Å². The van der Waals surface area contributed by atoms with Crippen molar-refractivity contribution in [3.8, 4) is 0 Å². The van der Waals surface area contributed by atoms with Gasteiger partial charge in [0.15, 0.2) is 0 Å². The standard InChI is InChI=1S/C13H23N3O2S2/c1-10-13(8-12(9-14)19-10)20(17,18)16-6-4-11(5-7-16)15(2)3/h8,11H,4-7,9,14H2,1-3H3. The van der Waals surface area contributed by atoms with Gasteiger partial charge in [-0.2, -0.15) is 4.31 Å². The second-order valence-corrected chi connectivity index (χ2v) is 8.68. The van der Waals surface area contributed by atoms with Crippen LogP contribution in [0.2, 0.25) is 0 Å². The molecule has 1 aromatic rings. The van der Waals surface area contributed by atoms with Crippen molar-refractivity contribution in [3.05, 3.63) is 15.8 Å². The zero-order chi connectivity index (χ0) is 14.9. The zero-order valence-electron chi connectivity index (χ0n) is 12.3. The summed E-state index contributed by atoms with van der Waals surface area (Å²) in [5, 5.41) is 0. The summed E-state index contributed by atoms with van der Waals surface area (Å²) in [5.74, 6) is 0. The van der Waals surface area contributed by atoms with Crippen LogP contribution in [0.5, 0.6) is 0 Å². The average molecular weight is 317 g/mol. The van der Waals surface area contributed by atoms with Crippen molar-refractivity contribution >= 4 is 21.4 Å². The number of piperidine rings is 1. The molecule has 1 aromatic heterocycles. The van der Waals surface area contributed by atoms with E-state index >= 15 is 0 Å². The van der Waals surface area contributed by atoms with Gasteiger partial charge >= 0.3 is 0 Å². The molecule has 0 aliphatic carbocycles. The summed E-state index contributed by atoms with van der Waals surface area (Å²) in [6, 6.07) is 2.21. The average Bonchev–Trinajstić information content (AvgIpc) is 2.81. The van der Waals surface area contributed by atoms with Crippen LogP contribution in [0.3, 0.4) is 0 Å². The van der Waals surface area contributed by atoms with Gasteiger partial charge in [0.2, 0.25) is 10.0 Å². The summed E-state index contributed by atoms with van der Waals surface area (Å²) >= 11 is 1.47. The molecule has 0 aromatic carbocycles. The fourth-order valence-electron chi connectivity index (χ4n) is 2.62. The normalized spacial score (nSPS) is 18.9. The lowest BCUT2D eigenvalue weighted by molar-refractivity contribution is 0.196. The molecule has 0 bridgehead atoms. The maximum absolute atomic E-state index is 12.7. The Balaban J connectivity index is 2.17. The third kappa shape index (κ3) is 3.07. The fraction of sp³-hybridized carbons (Fsp3) is 0.692. The predicted molar refractivity (Wildman–Crippen MR) is 82.4 cm³/mol. The van der Waals surface area contributed by atoms with Crippen molar-refractivity contribution < 1.29 is 8.42 Å². The molecule has 20 heavy (non-hydrogen) atoms. The molecular weight excluding hydrogens is 294 g/mol. The molecule has 114 valence electrons. The molecule has 2 N–H and O–H groups in total. The zero-order valence-corrected chi connectivity index (χ0v) is 13.9. The molecular formula is C13H23N3O2S2. The highest BCUT2D eigenvalue weighted by Crippen LogP contribution is 2.29. The lowest BCUT2D eigenvalue weighted by atomic mass is 10.1. The fourth-order valence-corrected chi connectivity index (χ4v) is 5.57. The minimum absolute atomic E-state index is 0.393. The summed E-state index contributed by atoms with van der Waals surface area (Å²) in [5.41, 5.74) is 5.60. The first-order valence-electron chi connectivity index (χ1n) is 6.82. The van der Waals surface area contributed by atoms with Crippen molar-refractivity contribution in [2.75, 3.05) is 27.2 Å². The Hall–Kier alpha value is -0.470. The topological polar surface area (TPSA) is 66.6 Å². The lowest BCUT2D eigenvalue weighted by Crippen LogP contribution is -2.44. The van der Waals surface area contributed by atoms with Gasteiger partial charge in [0.1, 0.15) is 0 Å². The molecule has 5 nitrogen and oxygen atoms in total. The van der Waals surface area contributed by atoms with Crippen LogP contribution in [0, 0.1) is 6.92 Å². The summed E-state index contributed by atoms with van der Waals surface area (Å²) in [4.78, 5) is 4.36. The van der Waals surface area contributed by atoms with Gasteiger partial charge in [-0.1, -0.05) is 0 Å². The molecule has 1 aliphatic rings. The molecule has 2 heterocycles. The van der Waals surface area contributed by atoms with Gasteiger partial charge in [-0.15, -0.1) is 11.3 Å². The summed E-state index contributed by atoms with van der Waals surface area (Å²) < 4.78 is 27.0. The van der Waals surface area contributed by atoms with Gasteiger partial charge in [0, 0.05) is 35.4 Å². The largest absolute Gasteiger partial charge is 0.326 e. The van der Waals surface area contributed by atoms with Crippen LogP contribution in [-0.4, -0.2) is 50.8 Å². The maximum Gasteiger partial charge on any atom is 0.244 e. The first-order chi connectivity index (χ1) is 9.36. The van der Waals surface area contributed by atoms with Gasteiger partial charge in [0.05, 0.1) is 4.90 Å². The Morgan fingerprint density at radius 2 is 2.00 bits per heavy atom. The van der Waals surface area contributed by atoms with E-state index in [1.54, 1.807) is 10.4 Å². The van der Waals surface area contributed by atoms with E-state index in [0.29, 0.717) is 30.6 Å². The number of aryl methyl sites for hydroxylation is 1. The highest BCUT2D eigenvalue weighted by molar-refractivity contribution is 7.89. The SMILES string of the molecule is Cc1sc(CN)cc1S(=O)(=O)N1CCC(N(C)C)CC1. The van der Waals surface area contributed by atoms with E-state index in [4.69, 9.17) is 5.73 Å². The Labute approximate surface area is 125 Å². The number of hydrogen-bond acceptors (Lipinski definition) is 5. The molecule has 2 rings (SSSR count). The number of thiophene rings is 1. The lowest BCUT2D eigenvalue weighted by Gasteiger charge is -2.34. The minimum atomic E-state index is -3.36. The summed E-state index contributed by atoms with van der Waals surface area (Å²) in [6.07, 6.45) is 1.78. The third-order valence-electron chi connectivity index (χ3n) is 3.90. The molecule has 0 unspecified atom stereocenters. The quantitative estimate of drug-likeness (QED) is 0.907. The molecule has 0 amide bonds. The first-order valence-corrected chi connectivity index (χ1v) is 9.08. The molecule has 0 saturated carbocycles. The van der Waals surface area contributed by atoms with Crippen LogP contribution in [0.1, 0.15) is 22.6 Å². The van der Waals surface area contributed by atoms with Crippen LogP contribution in [-0.2, 0) is 16.6 Å². The number of nitrogens with zero attached hydrogens (tertiary/aromatic N) is 2. The first kappa shape index (κ1) is 15.9. The second-order valence-electron chi connectivity index (χ2n) is 5.44. The Morgan fingerprint density at radius 3 is 2.45 bits per heavy atom. The summed E-state index contributed by atoms with van der Waals surface area (Å²) in [6.45, 7) is 3.43. The number of hydrogen-bond donors (Lipinski definition) is 1. The maximum atomic E-state index is 12.7. The summed E-state index contributed by atoms with van der Waals surface area (Å²) in [7, 11) is 0.733. The van der Waals surface area contributed by atoms with Crippen molar-refractivity contribution in [3.63, 3.8) is 0 Å². The van der Waals surface area contributed by atoms with Crippen LogP contribution < -0.4 is 5.73 Å². The van der Waals surface area contributed by atoms with Gasteiger partial charge in [0.25, 0.3) is 0 Å². The molecule has 7 heteroatoms. The van der Waals surface area contributed by atoms with E-state index in [2.05, 4.69) is 4.90 Å². The van der Waals surface area contributed by atoms with Crippen molar-refractivity contribution in [2.45, 2.75) is 37.2 Å². The number of rotatable bonds is 4. The molecule has 1 saturated heterocycles. The monoisotopic (exact) mass is 317 g/mol. The highest BCUT2D eigenvalue weighted by Gasteiger charge is 2.31. The van der Waals surface area contributed by atoms with Crippen LogP contribution in [0.4, 0.5) is 0 Å².